The molecule has 0 aliphatic rings. The van der Waals surface area contributed by atoms with Crippen molar-refractivity contribution in [2.75, 3.05) is 11.1 Å². The third kappa shape index (κ3) is 2.26. The fraction of sp³-hybridized carbons (Fsp3) is 0. The predicted molar refractivity (Wildman–Crippen MR) is 75.5 cm³/mol. The van der Waals surface area contributed by atoms with Crippen LogP contribution in [0.25, 0.3) is 10.9 Å². The molecule has 0 aliphatic heterocycles. The molecule has 100 valence electrons. The zero-order chi connectivity index (χ0) is 14.1. The first kappa shape index (κ1) is 12.4. The molecule has 4 N–H and O–H groups in total. The van der Waals surface area contributed by atoms with Crippen LogP contribution in [0.5, 0.6) is 0 Å². The molecule has 7 nitrogen and oxygen atoms in total. The fourth-order valence-electron chi connectivity index (χ4n) is 1.76. The number of carbonyl (C=O) groups excluding carboxylic acids is 1. The van der Waals surface area contributed by atoms with E-state index in [1.807, 2.05) is 0 Å². The van der Waals surface area contributed by atoms with Crippen LogP contribution in [0.4, 0.5) is 11.5 Å². The van der Waals surface area contributed by atoms with E-state index >= 15 is 0 Å². The molecule has 0 atom stereocenters. The largest absolute Gasteiger partial charge is 0.399 e. The van der Waals surface area contributed by atoms with Gasteiger partial charge in [-0.05, 0) is 30.3 Å². The lowest BCUT2D eigenvalue weighted by Crippen LogP contribution is -2.14. The van der Waals surface area contributed by atoms with Gasteiger partial charge in [-0.3, -0.25) is 9.89 Å². The number of benzene rings is 1. The summed E-state index contributed by atoms with van der Waals surface area (Å²) in [5.74, 6) is -0.113. The first-order valence-corrected chi connectivity index (χ1v) is 6.05. The first-order valence-electron chi connectivity index (χ1n) is 5.67. The average Bonchev–Trinajstić information content (AvgIpc) is 2.84. The Kier molecular flexibility index (Phi) is 2.96. The minimum atomic E-state index is -0.404. The molecule has 8 heteroatoms. The number of H-pyrrole nitrogens is 1. The second kappa shape index (κ2) is 4.78. The Morgan fingerprint density at radius 3 is 2.85 bits per heavy atom. The van der Waals surface area contributed by atoms with Gasteiger partial charge < -0.3 is 11.1 Å². The van der Waals surface area contributed by atoms with E-state index in [1.54, 1.807) is 24.3 Å². The Bertz CT molecular complexity index is 782. The van der Waals surface area contributed by atoms with Crippen LogP contribution in [0, 0.1) is 0 Å². The van der Waals surface area contributed by atoms with Crippen molar-refractivity contribution >= 4 is 39.9 Å². The Morgan fingerprint density at radius 2 is 2.10 bits per heavy atom. The lowest BCUT2D eigenvalue weighted by atomic mass is 10.2. The Hall–Kier alpha value is -2.67. The Morgan fingerprint density at radius 1 is 1.25 bits per heavy atom. The van der Waals surface area contributed by atoms with Crippen LogP contribution in [-0.2, 0) is 0 Å². The number of nitrogens with two attached hydrogens (primary N) is 1. The second-order valence-electron chi connectivity index (χ2n) is 4.07. The van der Waals surface area contributed by atoms with Crippen LogP contribution in [0.2, 0.25) is 5.15 Å². The van der Waals surface area contributed by atoms with Crippen molar-refractivity contribution in [3.63, 3.8) is 0 Å². The quantitative estimate of drug-likeness (QED) is 0.623. The van der Waals surface area contributed by atoms with E-state index in [-0.39, 0.29) is 10.8 Å². The van der Waals surface area contributed by atoms with Gasteiger partial charge >= 0.3 is 0 Å². The molecule has 0 fully saturated rings. The lowest BCUT2D eigenvalue weighted by Gasteiger charge is -2.01. The van der Waals surface area contributed by atoms with Crippen LogP contribution >= 0.6 is 11.6 Å². The molecule has 0 saturated carbocycles. The van der Waals surface area contributed by atoms with Crippen LogP contribution < -0.4 is 11.1 Å². The highest BCUT2D eigenvalue weighted by molar-refractivity contribution is 6.29. The highest BCUT2D eigenvalue weighted by Crippen LogP contribution is 2.19. The Labute approximate surface area is 118 Å². The first-order chi connectivity index (χ1) is 9.63. The van der Waals surface area contributed by atoms with Gasteiger partial charge in [0.05, 0.1) is 5.52 Å². The number of amides is 1. The molecular formula is C12H9ClN6O. The number of fused-ring (bicyclic) bond motifs is 1. The lowest BCUT2D eigenvalue weighted by molar-refractivity contribution is 0.102. The van der Waals surface area contributed by atoms with Gasteiger partial charge in [0, 0.05) is 11.1 Å². The maximum Gasteiger partial charge on any atom is 0.278 e. The molecule has 2 heterocycles. The highest BCUT2D eigenvalue weighted by Gasteiger charge is 2.15. The molecule has 1 amide bonds. The summed E-state index contributed by atoms with van der Waals surface area (Å²) in [4.78, 5) is 12.2. The molecule has 0 bridgehead atoms. The normalized spacial score (nSPS) is 10.7. The number of hydrogen-bond donors (Lipinski definition) is 3. The van der Waals surface area contributed by atoms with Crippen LogP contribution in [0.15, 0.2) is 30.3 Å². The second-order valence-corrected chi connectivity index (χ2v) is 4.46. The predicted octanol–water partition coefficient (Wildman–Crippen LogP) is 1.84. The van der Waals surface area contributed by atoms with Gasteiger partial charge in [0.15, 0.2) is 16.7 Å². The molecule has 3 aromatic rings. The fourth-order valence-corrected chi connectivity index (χ4v) is 1.86. The van der Waals surface area contributed by atoms with E-state index in [0.717, 1.165) is 5.52 Å². The number of carbonyl (C=O) groups is 1. The molecule has 1 aromatic carbocycles. The van der Waals surface area contributed by atoms with Crippen molar-refractivity contribution in [1.82, 2.24) is 20.4 Å². The van der Waals surface area contributed by atoms with Gasteiger partial charge in [-0.25, -0.2) is 0 Å². The SMILES string of the molecule is Nc1ccc2[nH]nc(C(=O)Nc3ccc(Cl)nn3)c2c1. The van der Waals surface area contributed by atoms with Crippen molar-refractivity contribution in [2.45, 2.75) is 0 Å². The summed E-state index contributed by atoms with van der Waals surface area (Å²) in [7, 11) is 0. The zero-order valence-corrected chi connectivity index (χ0v) is 10.8. The Balaban J connectivity index is 1.92. The molecule has 2 aromatic heterocycles. The van der Waals surface area contributed by atoms with Gasteiger partial charge in [-0.2, -0.15) is 5.10 Å². The van der Waals surface area contributed by atoms with E-state index in [1.165, 1.54) is 6.07 Å². The van der Waals surface area contributed by atoms with Crippen molar-refractivity contribution in [3.05, 3.63) is 41.2 Å². The van der Waals surface area contributed by atoms with Gasteiger partial charge in [0.1, 0.15) is 0 Å². The average molecular weight is 289 g/mol. The van der Waals surface area contributed by atoms with Crippen molar-refractivity contribution in [1.29, 1.82) is 0 Å². The highest BCUT2D eigenvalue weighted by atomic mass is 35.5. The zero-order valence-electron chi connectivity index (χ0n) is 10.1. The molecule has 3 rings (SSSR count). The van der Waals surface area contributed by atoms with Crippen LogP contribution in [-0.4, -0.2) is 26.3 Å². The summed E-state index contributed by atoms with van der Waals surface area (Å²) in [6, 6.07) is 8.26. The number of nitrogens with one attached hydrogen (secondary N) is 2. The number of nitrogen functional groups attached to an aromatic ring is 1. The van der Waals surface area contributed by atoms with Gasteiger partial charge in [0.25, 0.3) is 5.91 Å². The van der Waals surface area contributed by atoms with E-state index in [0.29, 0.717) is 16.9 Å². The van der Waals surface area contributed by atoms with Gasteiger partial charge in [-0.15, -0.1) is 10.2 Å². The molecule has 20 heavy (non-hydrogen) atoms. The van der Waals surface area contributed by atoms with Crippen LogP contribution in [0.3, 0.4) is 0 Å². The number of aromatic nitrogens is 4. The summed E-state index contributed by atoms with van der Waals surface area (Å²) in [6.45, 7) is 0. The van der Waals surface area contributed by atoms with Gasteiger partial charge in [-0.1, -0.05) is 11.6 Å². The van der Waals surface area contributed by atoms with E-state index in [4.69, 9.17) is 17.3 Å². The number of hydrogen-bond acceptors (Lipinski definition) is 5. The topological polar surface area (TPSA) is 110 Å². The standard InChI is InChI=1S/C12H9ClN6O/c13-9-3-4-10(18-17-9)15-12(20)11-7-5-6(14)1-2-8(7)16-19-11/h1-5H,14H2,(H,16,19)(H,15,18,20). The third-order valence-corrected chi connectivity index (χ3v) is 2.88. The summed E-state index contributed by atoms with van der Waals surface area (Å²) < 4.78 is 0. The summed E-state index contributed by atoms with van der Waals surface area (Å²) >= 11 is 5.63. The molecule has 0 unspecified atom stereocenters. The van der Waals surface area contributed by atoms with Crippen LogP contribution in [0.1, 0.15) is 10.5 Å². The minimum Gasteiger partial charge on any atom is -0.399 e. The third-order valence-electron chi connectivity index (χ3n) is 2.68. The summed E-state index contributed by atoms with van der Waals surface area (Å²) in [5.41, 5.74) is 7.23. The summed E-state index contributed by atoms with van der Waals surface area (Å²) in [5, 5.41) is 17.6. The molecule has 0 aliphatic carbocycles. The molecule has 0 radical (unpaired) electrons. The number of halogens is 1. The number of anilines is 2. The molecule has 0 saturated heterocycles. The van der Waals surface area contributed by atoms with Gasteiger partial charge in [0.2, 0.25) is 0 Å². The van der Waals surface area contributed by atoms with E-state index < -0.39 is 5.91 Å². The number of rotatable bonds is 2. The monoisotopic (exact) mass is 288 g/mol. The number of aromatic amines is 1. The van der Waals surface area contributed by atoms with Crippen molar-refractivity contribution < 1.29 is 4.79 Å². The van der Waals surface area contributed by atoms with Crippen molar-refractivity contribution in [3.8, 4) is 0 Å². The van der Waals surface area contributed by atoms with Crippen molar-refractivity contribution in [2.24, 2.45) is 0 Å². The number of nitrogens with zero attached hydrogens (tertiary/aromatic N) is 3. The molecule has 0 spiro atoms. The molecular weight excluding hydrogens is 280 g/mol. The maximum atomic E-state index is 12.2. The summed E-state index contributed by atoms with van der Waals surface area (Å²) in [6.07, 6.45) is 0. The maximum absolute atomic E-state index is 12.2. The smallest absolute Gasteiger partial charge is 0.278 e. The van der Waals surface area contributed by atoms with E-state index in [2.05, 4.69) is 25.7 Å². The van der Waals surface area contributed by atoms with E-state index in [9.17, 15) is 4.79 Å². The minimum absolute atomic E-state index is 0.240.